The minimum Gasteiger partial charge on any atom is -0.368 e. The van der Waals surface area contributed by atoms with Crippen LogP contribution in [0.1, 0.15) is 27.2 Å². The summed E-state index contributed by atoms with van der Waals surface area (Å²) < 4.78 is 0. The van der Waals surface area contributed by atoms with E-state index in [9.17, 15) is 0 Å². The van der Waals surface area contributed by atoms with Gasteiger partial charge in [0.25, 0.3) is 0 Å². The quantitative estimate of drug-likeness (QED) is 0.666. The van der Waals surface area contributed by atoms with Crippen LogP contribution in [0.3, 0.4) is 0 Å². The molecule has 3 aromatic rings. The van der Waals surface area contributed by atoms with Crippen LogP contribution in [0.4, 0.5) is 11.5 Å². The fraction of sp³-hybridized carbons (Fsp3) is 0.348. The van der Waals surface area contributed by atoms with Crippen molar-refractivity contribution in [3.63, 3.8) is 0 Å². The highest BCUT2D eigenvalue weighted by Crippen LogP contribution is 2.37. The molecule has 28 heavy (non-hydrogen) atoms. The highest BCUT2D eigenvalue weighted by atomic mass is 15.3. The summed E-state index contributed by atoms with van der Waals surface area (Å²) in [5.41, 5.74) is 4.28. The lowest BCUT2D eigenvalue weighted by atomic mass is 10.0. The molecule has 0 bridgehead atoms. The van der Waals surface area contributed by atoms with Crippen LogP contribution in [0.15, 0.2) is 55.0 Å². The molecule has 3 heterocycles. The first-order valence-electron chi connectivity index (χ1n) is 9.96. The highest BCUT2D eigenvalue weighted by molar-refractivity contribution is 5.81. The number of benzene rings is 1. The van der Waals surface area contributed by atoms with Gasteiger partial charge < -0.3 is 9.80 Å². The third kappa shape index (κ3) is 3.21. The summed E-state index contributed by atoms with van der Waals surface area (Å²) in [5.74, 6) is 1.77. The zero-order valence-electron chi connectivity index (χ0n) is 17.0. The van der Waals surface area contributed by atoms with E-state index in [0.29, 0.717) is 12.1 Å². The van der Waals surface area contributed by atoms with E-state index in [-0.39, 0.29) is 0 Å². The maximum atomic E-state index is 5.07. The highest BCUT2D eigenvalue weighted by Gasteiger charge is 2.32. The van der Waals surface area contributed by atoms with Crippen LogP contribution in [0.25, 0.3) is 22.5 Å². The van der Waals surface area contributed by atoms with Gasteiger partial charge in [-0.05, 0) is 31.9 Å². The number of hydrogen-bond acceptors (Lipinski definition) is 5. The Morgan fingerprint density at radius 3 is 2.57 bits per heavy atom. The molecule has 0 spiro atoms. The second kappa shape index (κ2) is 7.58. The molecule has 1 atom stereocenters. The Morgan fingerprint density at radius 2 is 1.86 bits per heavy atom. The lowest BCUT2D eigenvalue weighted by Crippen LogP contribution is -2.51. The van der Waals surface area contributed by atoms with Crippen LogP contribution in [0, 0.1) is 0 Å². The van der Waals surface area contributed by atoms with Crippen molar-refractivity contribution >= 4 is 11.5 Å². The number of fused-ring (bicyclic) bond motifs is 1. The monoisotopic (exact) mass is 373 g/mol. The SMILES string of the molecule is CC[C@@H]1CN(C)c2cnc(-c3ccncc3-c3ccccc3)nc2N1C(C)C. The normalized spacial score (nSPS) is 16.4. The molecule has 0 N–H and O–H groups in total. The van der Waals surface area contributed by atoms with Gasteiger partial charge in [-0.2, -0.15) is 0 Å². The van der Waals surface area contributed by atoms with Crippen molar-refractivity contribution in [3.8, 4) is 22.5 Å². The van der Waals surface area contributed by atoms with E-state index in [2.05, 4.69) is 54.7 Å². The second-order valence-corrected chi connectivity index (χ2v) is 7.63. The van der Waals surface area contributed by atoms with Crippen molar-refractivity contribution in [2.75, 3.05) is 23.4 Å². The molecule has 0 saturated heterocycles. The van der Waals surface area contributed by atoms with Gasteiger partial charge in [-0.25, -0.2) is 9.97 Å². The van der Waals surface area contributed by atoms with Crippen molar-refractivity contribution in [2.45, 2.75) is 39.3 Å². The average Bonchev–Trinajstić information content (AvgIpc) is 2.73. The topological polar surface area (TPSA) is 45.2 Å². The summed E-state index contributed by atoms with van der Waals surface area (Å²) in [6.45, 7) is 7.72. The average molecular weight is 374 g/mol. The third-order valence-electron chi connectivity index (χ3n) is 5.46. The zero-order valence-corrected chi connectivity index (χ0v) is 17.0. The number of anilines is 2. The van der Waals surface area contributed by atoms with E-state index in [1.54, 1.807) is 0 Å². The molecule has 5 nitrogen and oxygen atoms in total. The number of nitrogens with zero attached hydrogens (tertiary/aromatic N) is 5. The summed E-state index contributed by atoms with van der Waals surface area (Å²) in [6, 6.07) is 13.1. The minimum absolute atomic E-state index is 0.381. The van der Waals surface area contributed by atoms with Crippen LogP contribution in [-0.4, -0.2) is 40.6 Å². The fourth-order valence-corrected chi connectivity index (χ4v) is 4.06. The van der Waals surface area contributed by atoms with E-state index in [0.717, 1.165) is 47.0 Å². The summed E-state index contributed by atoms with van der Waals surface area (Å²) in [6.07, 6.45) is 6.76. The number of likely N-dealkylation sites (N-methyl/N-ethyl adjacent to an activating group) is 1. The van der Waals surface area contributed by atoms with Gasteiger partial charge in [-0.15, -0.1) is 0 Å². The van der Waals surface area contributed by atoms with E-state index < -0.39 is 0 Å². The number of rotatable bonds is 4. The van der Waals surface area contributed by atoms with Crippen LogP contribution >= 0.6 is 0 Å². The standard InChI is InChI=1S/C23H27N5/c1-5-18-15-27(4)21-14-25-22(26-23(21)28(18)16(2)3)19-11-12-24-13-20(19)17-9-7-6-8-10-17/h6-14,16,18H,5,15H2,1-4H3/t18-/m1/s1. The fourth-order valence-electron chi connectivity index (χ4n) is 4.06. The molecule has 1 aromatic carbocycles. The van der Waals surface area contributed by atoms with Crippen molar-refractivity contribution in [3.05, 3.63) is 55.0 Å². The molecule has 2 aromatic heterocycles. The molecule has 0 saturated carbocycles. The molecule has 0 amide bonds. The van der Waals surface area contributed by atoms with Crippen molar-refractivity contribution in [1.82, 2.24) is 15.0 Å². The Labute approximate surface area is 167 Å². The Kier molecular flexibility index (Phi) is 4.99. The maximum Gasteiger partial charge on any atom is 0.162 e. The Hall–Kier alpha value is -2.95. The molecule has 1 aliphatic rings. The Morgan fingerprint density at radius 1 is 1.07 bits per heavy atom. The molecule has 0 radical (unpaired) electrons. The van der Waals surface area contributed by atoms with Crippen molar-refractivity contribution in [1.29, 1.82) is 0 Å². The van der Waals surface area contributed by atoms with Gasteiger partial charge in [0.2, 0.25) is 0 Å². The smallest absolute Gasteiger partial charge is 0.162 e. The van der Waals surface area contributed by atoms with Crippen molar-refractivity contribution < 1.29 is 0 Å². The lowest BCUT2D eigenvalue weighted by Gasteiger charge is -2.44. The number of hydrogen-bond donors (Lipinski definition) is 0. The molecule has 0 unspecified atom stereocenters. The van der Waals surface area contributed by atoms with E-state index in [1.165, 1.54) is 0 Å². The van der Waals surface area contributed by atoms with Crippen LogP contribution in [0.5, 0.6) is 0 Å². The summed E-state index contributed by atoms with van der Waals surface area (Å²) >= 11 is 0. The zero-order chi connectivity index (χ0) is 19.7. The van der Waals surface area contributed by atoms with Crippen LogP contribution in [-0.2, 0) is 0 Å². The van der Waals surface area contributed by atoms with Crippen LogP contribution in [0.2, 0.25) is 0 Å². The van der Waals surface area contributed by atoms with E-state index in [1.807, 2.05) is 42.9 Å². The predicted molar refractivity (Wildman–Crippen MR) is 116 cm³/mol. The first kappa shape index (κ1) is 18.4. The molecule has 1 aliphatic heterocycles. The molecule has 144 valence electrons. The summed E-state index contributed by atoms with van der Waals surface area (Å²) in [5, 5.41) is 0. The number of aromatic nitrogens is 3. The molecule has 4 rings (SSSR count). The second-order valence-electron chi connectivity index (χ2n) is 7.63. The van der Waals surface area contributed by atoms with Crippen LogP contribution < -0.4 is 9.80 Å². The Balaban J connectivity index is 1.86. The van der Waals surface area contributed by atoms with Gasteiger partial charge in [0.15, 0.2) is 11.6 Å². The largest absolute Gasteiger partial charge is 0.368 e. The van der Waals surface area contributed by atoms with Gasteiger partial charge in [0, 0.05) is 49.2 Å². The van der Waals surface area contributed by atoms with Gasteiger partial charge in [-0.3, -0.25) is 4.98 Å². The van der Waals surface area contributed by atoms with E-state index in [4.69, 9.17) is 9.97 Å². The third-order valence-corrected chi connectivity index (χ3v) is 5.46. The van der Waals surface area contributed by atoms with Gasteiger partial charge in [0.1, 0.15) is 0 Å². The number of pyridine rings is 1. The predicted octanol–water partition coefficient (Wildman–Crippen LogP) is 4.65. The first-order chi connectivity index (χ1) is 13.6. The lowest BCUT2D eigenvalue weighted by molar-refractivity contribution is 0.505. The van der Waals surface area contributed by atoms with E-state index >= 15 is 0 Å². The van der Waals surface area contributed by atoms with Gasteiger partial charge in [0.05, 0.1) is 11.9 Å². The van der Waals surface area contributed by atoms with Crippen molar-refractivity contribution in [2.24, 2.45) is 0 Å². The molecule has 0 aliphatic carbocycles. The first-order valence-corrected chi connectivity index (χ1v) is 9.96. The summed E-state index contributed by atoms with van der Waals surface area (Å²) in [7, 11) is 2.13. The maximum absolute atomic E-state index is 5.07. The molecular weight excluding hydrogens is 346 g/mol. The minimum atomic E-state index is 0.381. The Bertz CT molecular complexity index is 954. The van der Waals surface area contributed by atoms with Gasteiger partial charge in [-0.1, -0.05) is 37.3 Å². The molecular formula is C23H27N5. The summed E-state index contributed by atoms with van der Waals surface area (Å²) in [4.78, 5) is 18.9. The molecule has 5 heteroatoms. The van der Waals surface area contributed by atoms with Gasteiger partial charge >= 0.3 is 0 Å². The molecule has 0 fully saturated rings.